The van der Waals surface area contributed by atoms with Gasteiger partial charge in [-0.3, -0.25) is 9.59 Å². The molecule has 0 atom stereocenters. The van der Waals surface area contributed by atoms with E-state index in [4.69, 9.17) is 16.0 Å². The Morgan fingerprint density at radius 3 is 2.35 bits per heavy atom. The SMILES string of the molecule is CNC(=O)c1ccc(NC(=O)c2oc3ccccc3c2CSc2ccc(Cl)cc2)cc1. The maximum absolute atomic E-state index is 13.0. The molecule has 0 aliphatic carbocycles. The van der Waals surface area contributed by atoms with E-state index in [0.29, 0.717) is 27.6 Å². The number of amides is 2. The van der Waals surface area contributed by atoms with Gasteiger partial charge in [0.05, 0.1) is 0 Å². The number of carbonyl (C=O) groups excluding carboxylic acids is 2. The largest absolute Gasteiger partial charge is 0.451 e. The van der Waals surface area contributed by atoms with Crippen molar-refractivity contribution in [2.45, 2.75) is 10.6 Å². The summed E-state index contributed by atoms with van der Waals surface area (Å²) < 4.78 is 5.91. The molecule has 0 saturated heterocycles. The number of fused-ring (bicyclic) bond motifs is 1. The highest BCUT2D eigenvalue weighted by atomic mass is 35.5. The molecule has 0 bridgehead atoms. The van der Waals surface area contributed by atoms with Gasteiger partial charge in [0.25, 0.3) is 11.8 Å². The van der Waals surface area contributed by atoms with Crippen molar-refractivity contribution < 1.29 is 14.0 Å². The third-order valence-electron chi connectivity index (χ3n) is 4.73. The predicted octanol–water partition coefficient (Wildman–Crippen LogP) is 5.99. The highest BCUT2D eigenvalue weighted by Gasteiger charge is 2.21. The molecular weight excluding hydrogens is 432 g/mol. The number of hydrogen-bond acceptors (Lipinski definition) is 4. The topological polar surface area (TPSA) is 71.3 Å². The van der Waals surface area contributed by atoms with Gasteiger partial charge in [0.15, 0.2) is 5.76 Å². The summed E-state index contributed by atoms with van der Waals surface area (Å²) in [6.45, 7) is 0. The van der Waals surface area contributed by atoms with Crippen molar-refractivity contribution in [1.82, 2.24) is 5.32 Å². The second kappa shape index (κ2) is 9.29. The summed E-state index contributed by atoms with van der Waals surface area (Å²) in [6, 6.07) is 21.9. The summed E-state index contributed by atoms with van der Waals surface area (Å²) in [6.07, 6.45) is 0. The van der Waals surface area contributed by atoms with Gasteiger partial charge in [-0.15, -0.1) is 11.8 Å². The first-order valence-corrected chi connectivity index (χ1v) is 10.9. The zero-order valence-electron chi connectivity index (χ0n) is 16.6. The van der Waals surface area contributed by atoms with Gasteiger partial charge in [0, 0.05) is 44.9 Å². The second-order valence-corrected chi connectivity index (χ2v) is 8.24. The first-order chi connectivity index (χ1) is 15.0. The molecule has 31 heavy (non-hydrogen) atoms. The minimum Gasteiger partial charge on any atom is -0.451 e. The van der Waals surface area contributed by atoms with E-state index in [1.807, 2.05) is 48.5 Å². The number of thioether (sulfide) groups is 1. The van der Waals surface area contributed by atoms with Crippen molar-refractivity contribution in [2.24, 2.45) is 0 Å². The molecule has 1 aromatic heterocycles. The molecule has 156 valence electrons. The Bertz CT molecular complexity index is 1230. The Morgan fingerprint density at radius 1 is 0.935 bits per heavy atom. The fourth-order valence-corrected chi connectivity index (χ4v) is 4.20. The molecule has 2 amide bonds. The summed E-state index contributed by atoms with van der Waals surface area (Å²) in [5.41, 5.74) is 2.59. The van der Waals surface area contributed by atoms with Gasteiger partial charge in [0.2, 0.25) is 0 Å². The van der Waals surface area contributed by atoms with Crippen LogP contribution < -0.4 is 10.6 Å². The molecule has 0 spiro atoms. The van der Waals surface area contributed by atoms with E-state index in [-0.39, 0.29) is 17.6 Å². The second-order valence-electron chi connectivity index (χ2n) is 6.76. The predicted molar refractivity (Wildman–Crippen MR) is 125 cm³/mol. The van der Waals surface area contributed by atoms with Crippen LogP contribution in [0.1, 0.15) is 26.5 Å². The van der Waals surface area contributed by atoms with Gasteiger partial charge in [-0.2, -0.15) is 0 Å². The van der Waals surface area contributed by atoms with Gasteiger partial charge in [0.1, 0.15) is 5.58 Å². The summed E-state index contributed by atoms with van der Waals surface area (Å²) in [7, 11) is 1.57. The van der Waals surface area contributed by atoms with Crippen LogP contribution in [0.2, 0.25) is 5.02 Å². The van der Waals surface area contributed by atoms with E-state index in [1.165, 1.54) is 0 Å². The molecule has 4 rings (SSSR count). The number of rotatable bonds is 6. The lowest BCUT2D eigenvalue weighted by Gasteiger charge is -2.07. The van der Waals surface area contributed by atoms with Crippen molar-refractivity contribution in [3.8, 4) is 0 Å². The molecule has 0 aliphatic rings. The van der Waals surface area contributed by atoms with Gasteiger partial charge >= 0.3 is 0 Å². The maximum Gasteiger partial charge on any atom is 0.291 e. The van der Waals surface area contributed by atoms with E-state index in [9.17, 15) is 9.59 Å². The Morgan fingerprint density at radius 2 is 1.65 bits per heavy atom. The smallest absolute Gasteiger partial charge is 0.291 e. The molecule has 1 heterocycles. The number of para-hydroxylation sites is 1. The third kappa shape index (κ3) is 4.76. The van der Waals surface area contributed by atoms with Crippen LogP contribution in [0.15, 0.2) is 82.1 Å². The van der Waals surface area contributed by atoms with Crippen molar-refractivity contribution >= 4 is 51.8 Å². The van der Waals surface area contributed by atoms with Gasteiger partial charge in [-0.1, -0.05) is 29.8 Å². The standard InChI is InChI=1S/C24H19ClN2O3S/c1-26-23(28)15-6-10-17(11-7-15)27-24(29)22-20(19-4-2-3-5-21(19)30-22)14-31-18-12-8-16(25)9-13-18/h2-13H,14H2,1H3,(H,26,28)(H,27,29). The number of halogens is 1. The van der Waals surface area contributed by atoms with Crippen molar-refractivity contribution in [3.63, 3.8) is 0 Å². The minimum absolute atomic E-state index is 0.184. The zero-order chi connectivity index (χ0) is 21.8. The molecule has 0 fully saturated rings. The maximum atomic E-state index is 13.0. The number of nitrogens with one attached hydrogen (secondary N) is 2. The molecule has 2 N–H and O–H groups in total. The first-order valence-electron chi connectivity index (χ1n) is 9.57. The molecule has 7 heteroatoms. The first kappa shape index (κ1) is 21.0. The molecule has 4 aromatic rings. The quantitative estimate of drug-likeness (QED) is 0.354. The normalized spacial score (nSPS) is 10.8. The van der Waals surface area contributed by atoms with E-state index in [1.54, 1.807) is 43.1 Å². The Balaban J connectivity index is 1.58. The monoisotopic (exact) mass is 450 g/mol. The van der Waals surface area contributed by atoms with E-state index in [2.05, 4.69) is 10.6 Å². The number of anilines is 1. The van der Waals surface area contributed by atoms with Crippen LogP contribution in [0, 0.1) is 0 Å². The van der Waals surface area contributed by atoms with Crippen molar-refractivity contribution in [1.29, 1.82) is 0 Å². The number of benzene rings is 3. The summed E-state index contributed by atoms with van der Waals surface area (Å²) >= 11 is 7.57. The van der Waals surface area contributed by atoms with Crippen LogP contribution in [0.4, 0.5) is 5.69 Å². The Hall–Kier alpha value is -3.22. The van der Waals surface area contributed by atoms with Crippen LogP contribution in [0.3, 0.4) is 0 Å². The fraction of sp³-hybridized carbons (Fsp3) is 0.0833. The van der Waals surface area contributed by atoms with E-state index in [0.717, 1.165) is 15.8 Å². The molecule has 0 radical (unpaired) electrons. The van der Waals surface area contributed by atoms with Crippen molar-refractivity contribution in [2.75, 3.05) is 12.4 Å². The fourth-order valence-electron chi connectivity index (χ4n) is 3.15. The van der Waals surface area contributed by atoms with Crippen molar-refractivity contribution in [3.05, 3.63) is 94.7 Å². The Kier molecular flexibility index (Phi) is 6.30. The summed E-state index contributed by atoms with van der Waals surface area (Å²) in [5.74, 6) is 0.321. The number of hydrogen-bond donors (Lipinski definition) is 2. The van der Waals surface area contributed by atoms with Gasteiger partial charge < -0.3 is 15.1 Å². The molecular formula is C24H19ClN2O3S. The molecule has 0 aliphatic heterocycles. The van der Waals surface area contributed by atoms with Crippen LogP contribution >= 0.6 is 23.4 Å². The molecule has 5 nitrogen and oxygen atoms in total. The summed E-state index contributed by atoms with van der Waals surface area (Å²) in [5, 5.41) is 7.02. The van der Waals surface area contributed by atoms with Crippen LogP contribution in [-0.4, -0.2) is 18.9 Å². The van der Waals surface area contributed by atoms with Gasteiger partial charge in [-0.05, 0) is 54.6 Å². The summed E-state index contributed by atoms with van der Waals surface area (Å²) in [4.78, 5) is 25.8. The Labute approximate surface area is 188 Å². The lowest BCUT2D eigenvalue weighted by atomic mass is 10.1. The average molecular weight is 451 g/mol. The zero-order valence-corrected chi connectivity index (χ0v) is 18.2. The number of furan rings is 1. The molecule has 0 saturated carbocycles. The highest BCUT2D eigenvalue weighted by Crippen LogP contribution is 2.33. The third-order valence-corrected chi connectivity index (χ3v) is 6.02. The van der Waals surface area contributed by atoms with Crippen LogP contribution in [0.25, 0.3) is 11.0 Å². The lowest BCUT2D eigenvalue weighted by Crippen LogP contribution is -2.18. The molecule has 0 unspecified atom stereocenters. The number of carbonyl (C=O) groups is 2. The van der Waals surface area contributed by atoms with E-state index >= 15 is 0 Å². The molecule has 3 aromatic carbocycles. The van der Waals surface area contributed by atoms with Crippen LogP contribution in [-0.2, 0) is 5.75 Å². The van der Waals surface area contributed by atoms with Crippen LogP contribution in [0.5, 0.6) is 0 Å². The lowest BCUT2D eigenvalue weighted by molar-refractivity contribution is 0.0962. The highest BCUT2D eigenvalue weighted by molar-refractivity contribution is 7.98. The average Bonchev–Trinajstić information content (AvgIpc) is 3.17. The van der Waals surface area contributed by atoms with E-state index < -0.39 is 0 Å². The van der Waals surface area contributed by atoms with Gasteiger partial charge in [-0.25, -0.2) is 0 Å². The minimum atomic E-state index is -0.337.